The van der Waals surface area contributed by atoms with E-state index in [0.717, 1.165) is 66.7 Å². The lowest BCUT2D eigenvalue weighted by atomic mass is 9.78. The fourth-order valence-corrected chi connectivity index (χ4v) is 14.1. The summed E-state index contributed by atoms with van der Waals surface area (Å²) in [6.07, 6.45) is 8.82. The van der Waals surface area contributed by atoms with Gasteiger partial charge >= 0.3 is 38.3 Å². The van der Waals surface area contributed by atoms with E-state index in [9.17, 15) is 38.4 Å². The number of allylic oxidation sites excluding steroid dienone is 2. The number of hydrogen-bond acceptors (Lipinski definition) is 17. The lowest BCUT2D eigenvalue weighted by Crippen LogP contribution is -2.57. The third kappa shape index (κ3) is 59.3. The minimum Gasteiger partial charge on any atom is -0.444 e. The van der Waals surface area contributed by atoms with Crippen LogP contribution in [-0.2, 0) is 32.9 Å². The molecule has 1 fully saturated rings. The molecule has 118 heavy (non-hydrogen) atoms. The van der Waals surface area contributed by atoms with E-state index >= 15 is 0 Å². The molecule has 0 saturated carbocycles. The highest BCUT2D eigenvalue weighted by Gasteiger charge is 2.51. The number of halogens is 2. The average Bonchev–Trinajstić information content (AvgIpc) is 1.64. The van der Waals surface area contributed by atoms with Crippen molar-refractivity contribution in [2.45, 2.75) is 341 Å². The Morgan fingerprint density at radius 1 is 0.559 bits per heavy atom. The van der Waals surface area contributed by atoms with Crippen LogP contribution in [0.1, 0.15) is 317 Å². The molecule has 0 aromatic heterocycles. The van der Waals surface area contributed by atoms with Gasteiger partial charge in [0.15, 0.2) is 0 Å². The molecule has 1 heterocycles. The zero-order chi connectivity index (χ0) is 93.4. The number of carbonyl (C=O) groups excluding carboxylic acids is 8. The number of aldehydes is 1. The van der Waals surface area contributed by atoms with Crippen LogP contribution in [0.15, 0.2) is 97.1 Å². The van der Waals surface area contributed by atoms with E-state index < -0.39 is 59.3 Å². The molecule has 1 saturated heterocycles. The molecule has 0 bridgehead atoms. The van der Waals surface area contributed by atoms with Gasteiger partial charge < -0.3 is 43.5 Å². The average molecular weight is 1720 g/mol. The molecule has 1 aliphatic heterocycles. The van der Waals surface area contributed by atoms with Crippen LogP contribution < -0.4 is 32.8 Å². The monoisotopic (exact) mass is 1720 g/mol. The minimum absolute atomic E-state index is 0. The number of nitrogens with one attached hydrogen (secondary N) is 5. The Kier molecular flexibility index (Phi) is 52.3. The number of rotatable bonds is 17. The Morgan fingerprint density at radius 2 is 0.932 bits per heavy atom. The van der Waals surface area contributed by atoms with Crippen molar-refractivity contribution in [3.05, 3.63) is 131 Å². The molecule has 0 radical (unpaired) electrons. The maximum absolute atomic E-state index is 13.4. The van der Waals surface area contributed by atoms with Crippen LogP contribution in [0.3, 0.4) is 0 Å². The number of alkyl carbamates (subject to hydrolysis) is 2. The van der Waals surface area contributed by atoms with Crippen LogP contribution >= 0.6 is 22.7 Å². The van der Waals surface area contributed by atoms with Gasteiger partial charge in [-0.1, -0.05) is 207 Å². The van der Waals surface area contributed by atoms with Gasteiger partial charge in [0, 0.05) is 49.4 Å². The summed E-state index contributed by atoms with van der Waals surface area (Å²) in [5, 5.41) is 10.5. The molecule has 678 valence electrons. The summed E-state index contributed by atoms with van der Waals surface area (Å²) in [4.78, 5) is 90.9. The fraction of sp³-hybridized carbons (Fsp3) is 0.663. The summed E-state index contributed by atoms with van der Waals surface area (Å²) < 4.78 is 33.9. The molecule has 6 atom stereocenters. The van der Waals surface area contributed by atoms with Gasteiger partial charge in [0.05, 0.1) is 12.1 Å². The van der Waals surface area contributed by atoms with Crippen molar-refractivity contribution in [2.24, 2.45) is 49.9 Å². The summed E-state index contributed by atoms with van der Waals surface area (Å²) in [6, 6.07) is 22.5. The molecular formula is C92H163Cl2N9O14Si. The predicted molar refractivity (Wildman–Crippen MR) is 492 cm³/mol. The fourth-order valence-electron chi connectivity index (χ4n) is 10.5. The van der Waals surface area contributed by atoms with Gasteiger partial charge in [0.25, 0.3) is 11.1 Å². The van der Waals surface area contributed by atoms with Crippen LogP contribution in [0.5, 0.6) is 0 Å². The Morgan fingerprint density at radius 3 is 1.25 bits per heavy atom. The second kappa shape index (κ2) is 52.7. The molecule has 23 nitrogen and oxygen atoms in total. The Labute approximate surface area is 726 Å². The standard InChI is InChI=1S/C22H36N2O3.C14H29NO2.C14H27NO2.C13H18ClNOSi.C10H20N2O2.C9H9ClO.C5H12N2O2.C5H10O.H2/c1-10-11-18(21(4,5)6)24(23-20(26)27-22(7,8)9)19(25)17-13-15(2)12-16(3)14-17;2*1-8-9-11(13(2,3)4)10-15-12(16)17-14(5,6)7;1-4-10-17(14)15(3)11(2)13(16-17)12-8-6-5-7-9-12;1-9(2,3)7-11-12-8(13)14-10(4,5)6;1-6-3-7(2)5-8(4-6)9(10)11;1-5(2,3)9-4(8)7-6;1-5(2,3)4-6;/h12-14,18H,10-11H2,1-9H3,(H,23,26);11H,8-10H2,1-7H3,(H,15,16);8,11H,1,9-10H2,2-7H3,(H,15,16);4-9,11,13H,1,10H2,2-3H3;7H,1-6H3,(H,12,13);3-5H,1-2H3;6H2,1-3H3,(H,7,8);4H,1-3H3;1H/b;;;;11-7+;;;;/t18-;2*11-;11-,13+,17?;;;;;/m0110...../s1. The third-order valence-corrected chi connectivity index (χ3v) is 20.8. The predicted octanol–water partition coefficient (Wildman–Crippen LogP) is 23.7. The molecule has 0 aliphatic carbocycles. The number of hydrogen-bond donors (Lipinski definition) is 6. The first-order valence-corrected chi connectivity index (χ1v) is 44.3. The van der Waals surface area contributed by atoms with E-state index in [0.29, 0.717) is 42.1 Å². The van der Waals surface area contributed by atoms with Crippen LogP contribution in [0.4, 0.5) is 24.0 Å². The molecule has 3 aromatic rings. The molecule has 1 aliphatic rings. The SMILES string of the molecule is C=CC[C@H](CNC(=O)OC(C)(C)C)C(C)(C)C.C=CC[Si]1(Cl)O[C@@H](c2ccccc2)[C@H](C)N1C.CC(C)(C)/C=N/NC(=O)OC(C)(C)C.CC(C)(C)C=O.CC(C)(C)OC(=O)NN.CCC[C@H](CNC(=O)OC(C)(C)C)C(C)(C)C.CCC[C@H](N(NC(=O)OC(C)(C)C)C(=O)c1cc(C)cc(C)c1)C(C)(C)C.Cc1cc(C)cc(C(=O)Cl)c1.[HH]. The van der Waals surface area contributed by atoms with Gasteiger partial charge in [-0.2, -0.15) is 5.10 Å². The molecule has 1 unspecified atom stereocenters. The maximum Gasteiger partial charge on any atom is 0.428 e. The van der Waals surface area contributed by atoms with Gasteiger partial charge in [-0.15, -0.1) is 24.2 Å². The van der Waals surface area contributed by atoms with Crippen molar-refractivity contribution in [1.29, 1.82) is 0 Å². The molecule has 4 rings (SSSR count). The van der Waals surface area contributed by atoms with Crippen molar-refractivity contribution >= 4 is 84.6 Å². The highest BCUT2D eigenvalue weighted by Crippen LogP contribution is 2.41. The number of hydrazone groups is 1. The summed E-state index contributed by atoms with van der Waals surface area (Å²) in [5.41, 5.74) is 10.9. The normalized spacial score (nSPS) is 15.8. The summed E-state index contributed by atoms with van der Waals surface area (Å²) in [6.45, 7) is 81.3. The van der Waals surface area contributed by atoms with Gasteiger partial charge in [-0.3, -0.25) is 19.6 Å². The second-order valence-corrected chi connectivity index (χ2v) is 44.9. The number of nitrogens with zero attached hydrogens (tertiary/aromatic N) is 3. The Balaban J connectivity index is -0.000000428. The largest absolute Gasteiger partial charge is 0.444 e. The Bertz CT molecular complexity index is 3510. The highest BCUT2D eigenvalue weighted by molar-refractivity contribution is 7.15. The van der Waals surface area contributed by atoms with Crippen molar-refractivity contribution in [3.63, 3.8) is 0 Å². The quantitative estimate of drug-likeness (QED) is 0.00699. The summed E-state index contributed by atoms with van der Waals surface area (Å²) in [7, 11) is -0.259. The number of amides is 6. The van der Waals surface area contributed by atoms with Crippen molar-refractivity contribution in [3.8, 4) is 0 Å². The first-order valence-electron chi connectivity index (χ1n) is 40.8. The Hall–Kier alpha value is -7.35. The molecule has 6 amide bonds. The van der Waals surface area contributed by atoms with E-state index in [-0.39, 0.29) is 58.7 Å². The number of nitrogens with two attached hydrogens (primary N) is 1. The molecular weight excluding hydrogens is 1550 g/mol. The van der Waals surface area contributed by atoms with E-state index in [2.05, 4.69) is 147 Å². The van der Waals surface area contributed by atoms with Gasteiger partial charge in [-0.25, -0.2) is 45.7 Å². The summed E-state index contributed by atoms with van der Waals surface area (Å²) >= 11 is 11.9. The van der Waals surface area contributed by atoms with Crippen LogP contribution in [-0.4, -0.2) is 132 Å². The van der Waals surface area contributed by atoms with Gasteiger partial charge in [-0.05, 0) is 240 Å². The zero-order valence-electron chi connectivity index (χ0n) is 80.0. The van der Waals surface area contributed by atoms with Crippen LogP contribution in [0, 0.1) is 66.6 Å². The molecule has 0 spiro atoms. The van der Waals surface area contributed by atoms with E-state index in [1.807, 2.05) is 171 Å². The number of benzene rings is 3. The van der Waals surface area contributed by atoms with Crippen molar-refractivity contribution in [1.82, 2.24) is 36.5 Å². The van der Waals surface area contributed by atoms with Gasteiger partial charge in [0.1, 0.15) is 34.3 Å². The molecule has 26 heteroatoms. The topological polar surface area (TPSA) is 297 Å². The lowest BCUT2D eigenvalue weighted by molar-refractivity contribution is -0.114. The number of hydrazine groups is 2. The van der Waals surface area contributed by atoms with Crippen LogP contribution in [0.25, 0.3) is 0 Å². The van der Waals surface area contributed by atoms with E-state index in [1.165, 1.54) is 10.6 Å². The van der Waals surface area contributed by atoms with Crippen molar-refractivity contribution in [2.75, 3.05) is 20.1 Å². The number of aryl methyl sites for hydroxylation is 4. The second-order valence-electron chi connectivity index (χ2n) is 40.0. The van der Waals surface area contributed by atoms with E-state index in [4.69, 9.17) is 56.6 Å². The van der Waals surface area contributed by atoms with E-state index in [1.54, 1.807) is 80.7 Å². The zero-order valence-corrected chi connectivity index (χ0v) is 82.5. The minimum atomic E-state index is -2.31. The maximum atomic E-state index is 13.4. The lowest BCUT2D eigenvalue weighted by Gasteiger charge is -2.40. The van der Waals surface area contributed by atoms with Gasteiger partial charge in [0.2, 0.25) is 0 Å². The smallest absolute Gasteiger partial charge is 0.428 e. The number of likely N-dealkylation sites (N-methyl/N-ethyl adjacent to an activating group) is 1. The summed E-state index contributed by atoms with van der Waals surface area (Å²) in [5.74, 6) is 5.39. The first kappa shape index (κ1) is 117. The first-order chi connectivity index (χ1) is 53.2. The third-order valence-electron chi connectivity index (χ3n) is 16.2. The van der Waals surface area contributed by atoms with Crippen molar-refractivity contribution < 1.29 is 67.9 Å². The van der Waals surface area contributed by atoms with Crippen LogP contribution in [0.2, 0.25) is 6.04 Å². The number of carbonyl (C=O) groups is 8. The number of ether oxygens (including phenoxy) is 5. The molecule has 3 aromatic carbocycles. The molecule has 7 N–H and O–H groups in total. The highest BCUT2D eigenvalue weighted by atomic mass is 35.6.